The summed E-state index contributed by atoms with van der Waals surface area (Å²) in [6.07, 6.45) is 5.74. The highest BCUT2D eigenvalue weighted by atomic mass is 16.1. The van der Waals surface area contributed by atoms with Crippen LogP contribution in [-0.4, -0.2) is 62.2 Å². The van der Waals surface area contributed by atoms with Crippen LogP contribution in [-0.2, 0) is 4.79 Å². The summed E-state index contributed by atoms with van der Waals surface area (Å²) in [5.41, 5.74) is 8.62. The van der Waals surface area contributed by atoms with Gasteiger partial charge >= 0.3 is 0 Å². The minimum atomic E-state index is 0.155. The van der Waals surface area contributed by atoms with Crippen LogP contribution in [0.15, 0.2) is 71.8 Å². The Balaban J connectivity index is 1.59. The number of carbonyl (C=O) groups is 1. The smallest absolute Gasteiger partial charge is 0.185 e. The van der Waals surface area contributed by atoms with Gasteiger partial charge in [0.05, 0.1) is 0 Å². The molecule has 5 rings (SSSR count). The van der Waals surface area contributed by atoms with E-state index < -0.39 is 0 Å². The van der Waals surface area contributed by atoms with Gasteiger partial charge < -0.3 is 19.6 Å². The Morgan fingerprint density at radius 2 is 0.850 bits per heavy atom. The second-order valence-electron chi connectivity index (χ2n) is 11.5. The van der Waals surface area contributed by atoms with Crippen LogP contribution in [0.5, 0.6) is 0 Å². The number of anilines is 4. The van der Waals surface area contributed by atoms with Crippen molar-refractivity contribution >= 4 is 62.2 Å². The molecule has 0 spiro atoms. The maximum atomic E-state index is 13.7. The van der Waals surface area contributed by atoms with E-state index in [1.54, 1.807) is 0 Å². The van der Waals surface area contributed by atoms with Gasteiger partial charge in [-0.3, -0.25) is 4.79 Å². The molecule has 5 heteroatoms. The summed E-state index contributed by atoms with van der Waals surface area (Å²) >= 11 is 0. The van der Waals surface area contributed by atoms with Crippen LogP contribution in [0.4, 0.5) is 22.7 Å². The van der Waals surface area contributed by atoms with Crippen molar-refractivity contribution in [1.29, 1.82) is 0 Å². The van der Waals surface area contributed by atoms with Crippen molar-refractivity contribution in [1.82, 2.24) is 0 Å². The van der Waals surface area contributed by atoms with Crippen molar-refractivity contribution in [2.75, 3.05) is 76.0 Å². The summed E-state index contributed by atoms with van der Waals surface area (Å²) in [5, 5.41) is 4.74. The summed E-state index contributed by atoms with van der Waals surface area (Å²) in [6.45, 7) is 0. The molecule has 0 atom stereocenters. The van der Waals surface area contributed by atoms with Gasteiger partial charge in [-0.15, -0.1) is 0 Å². The van der Waals surface area contributed by atoms with Gasteiger partial charge in [0.15, 0.2) is 5.78 Å². The predicted molar refractivity (Wildman–Crippen MR) is 175 cm³/mol. The molecule has 0 bridgehead atoms. The number of benzene rings is 4. The van der Waals surface area contributed by atoms with Crippen molar-refractivity contribution in [3.63, 3.8) is 0 Å². The molecule has 0 heterocycles. The molecule has 1 aliphatic rings. The summed E-state index contributed by atoms with van der Waals surface area (Å²) < 4.78 is 0. The monoisotopic (exact) mass is 532 g/mol. The second-order valence-corrected chi connectivity index (χ2v) is 11.5. The summed E-state index contributed by atoms with van der Waals surface area (Å²) in [6, 6.07) is 21.5. The van der Waals surface area contributed by atoms with Crippen molar-refractivity contribution in [3.05, 3.63) is 82.9 Å². The third-order valence-corrected chi connectivity index (χ3v) is 7.89. The van der Waals surface area contributed by atoms with Gasteiger partial charge in [0.1, 0.15) is 0 Å². The highest BCUT2D eigenvalue weighted by Gasteiger charge is 2.24. The lowest BCUT2D eigenvalue weighted by Crippen LogP contribution is -2.13. The van der Waals surface area contributed by atoms with E-state index in [0.717, 1.165) is 45.9 Å². The van der Waals surface area contributed by atoms with Crippen LogP contribution >= 0.6 is 0 Å². The van der Waals surface area contributed by atoms with Crippen LogP contribution in [0.25, 0.3) is 33.7 Å². The number of carbonyl (C=O) groups excluding carboxylic acids is 1. The largest absolute Gasteiger partial charge is 0.377 e. The fourth-order valence-electron chi connectivity index (χ4n) is 5.88. The zero-order valence-corrected chi connectivity index (χ0v) is 25.0. The highest BCUT2D eigenvalue weighted by molar-refractivity contribution is 6.18. The minimum absolute atomic E-state index is 0.155. The zero-order valence-electron chi connectivity index (χ0n) is 25.0. The Kier molecular flexibility index (Phi) is 7.33. The Labute approximate surface area is 238 Å². The molecule has 0 amide bonds. The lowest BCUT2D eigenvalue weighted by molar-refractivity contribution is -0.111. The van der Waals surface area contributed by atoms with Crippen LogP contribution in [0, 0.1) is 0 Å². The van der Waals surface area contributed by atoms with E-state index in [4.69, 9.17) is 0 Å². The number of hydrogen-bond donors (Lipinski definition) is 0. The molecular formula is C35H40N4O. The predicted octanol–water partition coefficient (Wildman–Crippen LogP) is 7.09. The van der Waals surface area contributed by atoms with Crippen molar-refractivity contribution < 1.29 is 4.79 Å². The summed E-state index contributed by atoms with van der Waals surface area (Å²) in [5.74, 6) is 0.155. The normalized spacial score (nSPS) is 15.4. The first kappa shape index (κ1) is 27.3. The summed E-state index contributed by atoms with van der Waals surface area (Å²) in [4.78, 5) is 22.3. The fraction of sp³-hybridized carbons (Fsp3) is 0.286. The number of Topliss-reactive ketones (excluding diaryl/α,β-unsaturated/α-hetero) is 1. The lowest BCUT2D eigenvalue weighted by atomic mass is 9.97. The first-order chi connectivity index (χ1) is 19.1. The van der Waals surface area contributed by atoms with Crippen LogP contribution in [0.3, 0.4) is 0 Å². The number of ketones is 1. The van der Waals surface area contributed by atoms with Gasteiger partial charge in [0.2, 0.25) is 0 Å². The van der Waals surface area contributed by atoms with Crippen LogP contribution in [0.1, 0.15) is 24.0 Å². The van der Waals surface area contributed by atoms with Gasteiger partial charge in [0.25, 0.3) is 0 Å². The number of hydrogen-bond acceptors (Lipinski definition) is 5. The van der Waals surface area contributed by atoms with Crippen LogP contribution < -0.4 is 19.6 Å². The highest BCUT2D eigenvalue weighted by Crippen LogP contribution is 2.40. The molecule has 5 nitrogen and oxygen atoms in total. The maximum Gasteiger partial charge on any atom is 0.185 e. The number of rotatable bonds is 6. The Bertz CT molecular complexity index is 1520. The minimum Gasteiger partial charge on any atom is -0.377 e. The molecule has 4 aromatic carbocycles. The maximum absolute atomic E-state index is 13.7. The molecule has 40 heavy (non-hydrogen) atoms. The molecule has 0 unspecified atom stereocenters. The quantitative estimate of drug-likeness (QED) is 0.248. The Morgan fingerprint density at radius 3 is 1.20 bits per heavy atom. The molecule has 0 aliphatic heterocycles. The third kappa shape index (κ3) is 4.81. The molecule has 0 N–H and O–H groups in total. The molecule has 1 fully saturated rings. The van der Waals surface area contributed by atoms with Crippen LogP contribution in [0.2, 0.25) is 0 Å². The van der Waals surface area contributed by atoms with Crippen molar-refractivity contribution in [2.24, 2.45) is 0 Å². The molecule has 1 saturated carbocycles. The summed E-state index contributed by atoms with van der Waals surface area (Å²) in [7, 11) is 16.6. The topological polar surface area (TPSA) is 30.0 Å². The fourth-order valence-corrected chi connectivity index (χ4v) is 5.88. The average Bonchev–Trinajstić information content (AvgIpc) is 3.26. The molecular weight excluding hydrogens is 492 g/mol. The van der Waals surface area contributed by atoms with E-state index in [0.29, 0.717) is 0 Å². The number of nitrogens with zero attached hydrogens (tertiary/aromatic N) is 4. The number of allylic oxidation sites excluding steroid dienone is 2. The van der Waals surface area contributed by atoms with Gasteiger partial charge in [-0.2, -0.15) is 0 Å². The van der Waals surface area contributed by atoms with Gasteiger partial charge in [-0.05, 0) is 71.2 Å². The van der Waals surface area contributed by atoms with E-state index in [9.17, 15) is 4.79 Å². The van der Waals surface area contributed by atoms with E-state index >= 15 is 0 Å². The van der Waals surface area contributed by atoms with E-state index in [2.05, 4.69) is 149 Å². The SMILES string of the molecule is CN(C)c1cccc2c(/C=C3\CC/C(=C\c4ccc(N(C)C)c5c(N(C)C)cccc45)C3=O)ccc(N(C)C)c12. The molecule has 4 aromatic rings. The standard InChI is InChI=1S/C35H40N4O/c1-36(2)29-13-9-11-27-23(17-19-31(33(27)29)38(5)6)21-25-15-16-26(35(25)40)22-24-18-20-32(39(7)8)34-28(24)12-10-14-30(34)37(3)4/h9-14,17-22H,15-16H2,1-8H3/b25-21+,26-22+. The molecule has 206 valence electrons. The molecule has 0 radical (unpaired) electrons. The zero-order chi connectivity index (χ0) is 28.7. The van der Waals surface area contributed by atoms with E-state index in [-0.39, 0.29) is 5.78 Å². The lowest BCUT2D eigenvalue weighted by Gasteiger charge is -2.22. The van der Waals surface area contributed by atoms with E-state index in [1.165, 1.54) is 33.5 Å². The van der Waals surface area contributed by atoms with E-state index in [1.807, 2.05) is 0 Å². The first-order valence-electron chi connectivity index (χ1n) is 13.8. The second kappa shape index (κ2) is 10.7. The van der Waals surface area contributed by atoms with Gasteiger partial charge in [-0.1, -0.05) is 36.4 Å². The van der Waals surface area contributed by atoms with Crippen molar-refractivity contribution in [3.8, 4) is 0 Å². The Hall–Kier alpha value is -4.25. The Morgan fingerprint density at radius 1 is 0.500 bits per heavy atom. The molecule has 0 aromatic heterocycles. The molecule has 1 aliphatic carbocycles. The average molecular weight is 533 g/mol. The molecule has 0 saturated heterocycles. The van der Waals surface area contributed by atoms with Crippen molar-refractivity contribution in [2.45, 2.75) is 12.8 Å². The number of fused-ring (bicyclic) bond motifs is 2. The van der Waals surface area contributed by atoms with Gasteiger partial charge in [-0.25, -0.2) is 0 Å². The third-order valence-electron chi connectivity index (χ3n) is 7.89. The first-order valence-corrected chi connectivity index (χ1v) is 13.8. The van der Waals surface area contributed by atoms with Gasteiger partial charge in [0, 0.05) is 101 Å².